The highest BCUT2D eigenvalue weighted by Gasteiger charge is 2.31. The minimum Gasteiger partial charge on any atom is -0.504 e. The summed E-state index contributed by atoms with van der Waals surface area (Å²) in [6, 6.07) is 10.2. The number of aliphatic hydroxyl groups is 6. The van der Waals surface area contributed by atoms with Crippen molar-refractivity contribution in [2.75, 3.05) is 55.4 Å². The number of ether oxygens (including phenoxy) is 7. The molecule has 254 valence electrons. The monoisotopic (exact) mass is 650 g/mol. The number of phenolic OH excluding ortho intramolecular Hbond substituents is 1. The highest BCUT2D eigenvalue weighted by atomic mass is 16.6. The van der Waals surface area contributed by atoms with Gasteiger partial charge in [0, 0.05) is 6.42 Å². The van der Waals surface area contributed by atoms with Crippen molar-refractivity contribution in [3.8, 4) is 46.0 Å². The van der Waals surface area contributed by atoms with Crippen LogP contribution in [0.2, 0.25) is 0 Å². The van der Waals surface area contributed by atoms with Crippen LogP contribution in [0.5, 0.6) is 46.0 Å². The lowest BCUT2D eigenvalue weighted by Gasteiger charge is -2.27. The van der Waals surface area contributed by atoms with Gasteiger partial charge in [0.25, 0.3) is 0 Å². The topological polar surface area (TPSA) is 206 Å². The Morgan fingerprint density at radius 2 is 0.957 bits per heavy atom. The van der Waals surface area contributed by atoms with Crippen molar-refractivity contribution in [1.29, 1.82) is 0 Å². The molecule has 46 heavy (non-hydrogen) atoms. The molecule has 0 saturated carbocycles. The maximum atomic E-state index is 11.4. The van der Waals surface area contributed by atoms with Crippen LogP contribution in [0.1, 0.15) is 28.9 Å². The van der Waals surface area contributed by atoms with E-state index in [-0.39, 0.29) is 58.0 Å². The molecule has 0 spiro atoms. The van der Waals surface area contributed by atoms with Gasteiger partial charge in [0.1, 0.15) is 12.2 Å². The predicted octanol–water partition coefficient (Wildman–Crippen LogP) is 1.28. The number of aliphatic hydroxyl groups excluding tert-OH is 6. The Balaban J connectivity index is 1.94. The molecule has 0 unspecified atom stereocenters. The van der Waals surface area contributed by atoms with Gasteiger partial charge in [-0.15, -0.1) is 0 Å². The first-order valence-electron chi connectivity index (χ1n) is 14.2. The van der Waals surface area contributed by atoms with Gasteiger partial charge in [-0.2, -0.15) is 0 Å². The van der Waals surface area contributed by atoms with E-state index in [0.29, 0.717) is 11.1 Å². The summed E-state index contributed by atoms with van der Waals surface area (Å²) in [6.07, 6.45) is -6.19. The van der Waals surface area contributed by atoms with Crippen molar-refractivity contribution in [1.82, 2.24) is 0 Å². The molecule has 0 bridgehead atoms. The van der Waals surface area contributed by atoms with Crippen molar-refractivity contribution < 1.29 is 68.9 Å². The van der Waals surface area contributed by atoms with Crippen molar-refractivity contribution in [3.05, 3.63) is 59.2 Å². The molecule has 3 rings (SSSR count). The maximum absolute atomic E-state index is 11.4. The van der Waals surface area contributed by atoms with Crippen molar-refractivity contribution in [2.45, 2.75) is 36.9 Å². The number of benzene rings is 3. The third kappa shape index (κ3) is 8.34. The molecule has 0 aliphatic carbocycles. The van der Waals surface area contributed by atoms with Crippen LogP contribution in [0.4, 0.5) is 0 Å². The smallest absolute Gasteiger partial charge is 0.204 e. The SMILES string of the molecule is COc1cc([C@@H](O)[C@@H](CO)Oc2c(OC)cc([C@@H](O)[C@@H](CO)Oc3c(OC)cc(C[C@H](O)CO)cc3OC)cc2OC)ccc1O. The van der Waals surface area contributed by atoms with Gasteiger partial charge >= 0.3 is 0 Å². The lowest BCUT2D eigenvalue weighted by Crippen LogP contribution is -2.30. The third-order valence-corrected chi connectivity index (χ3v) is 7.17. The second-order valence-corrected chi connectivity index (χ2v) is 10.1. The van der Waals surface area contributed by atoms with Gasteiger partial charge in [-0.25, -0.2) is 0 Å². The number of aromatic hydroxyl groups is 1. The summed E-state index contributed by atoms with van der Waals surface area (Å²) in [5, 5.41) is 71.7. The van der Waals surface area contributed by atoms with E-state index in [0.717, 1.165) is 0 Å². The molecule has 0 heterocycles. The van der Waals surface area contributed by atoms with Crippen LogP contribution in [0, 0.1) is 0 Å². The first kappa shape index (κ1) is 36.3. The van der Waals surface area contributed by atoms with Crippen LogP contribution in [-0.2, 0) is 6.42 Å². The van der Waals surface area contributed by atoms with Crippen LogP contribution in [0.3, 0.4) is 0 Å². The van der Waals surface area contributed by atoms with Gasteiger partial charge in [-0.05, 0) is 53.1 Å². The summed E-state index contributed by atoms with van der Waals surface area (Å²) in [7, 11) is 6.83. The van der Waals surface area contributed by atoms with Gasteiger partial charge in [0.05, 0.1) is 61.5 Å². The quantitative estimate of drug-likeness (QED) is 0.104. The van der Waals surface area contributed by atoms with Crippen molar-refractivity contribution in [2.24, 2.45) is 0 Å². The second kappa shape index (κ2) is 16.9. The molecule has 0 aromatic heterocycles. The molecular weight excluding hydrogens is 608 g/mol. The van der Waals surface area contributed by atoms with Crippen molar-refractivity contribution >= 4 is 0 Å². The van der Waals surface area contributed by atoms with E-state index >= 15 is 0 Å². The first-order chi connectivity index (χ1) is 22.1. The minimum absolute atomic E-state index is 0.00949. The number of hydrogen-bond donors (Lipinski definition) is 7. The summed E-state index contributed by atoms with van der Waals surface area (Å²) in [6.45, 7) is -1.70. The molecule has 0 radical (unpaired) electrons. The zero-order valence-corrected chi connectivity index (χ0v) is 26.2. The van der Waals surface area contributed by atoms with E-state index in [2.05, 4.69) is 0 Å². The van der Waals surface area contributed by atoms with Crippen LogP contribution in [0.25, 0.3) is 0 Å². The third-order valence-electron chi connectivity index (χ3n) is 7.17. The van der Waals surface area contributed by atoms with Gasteiger partial charge < -0.3 is 68.9 Å². The van der Waals surface area contributed by atoms with E-state index in [1.807, 2.05) is 0 Å². The lowest BCUT2D eigenvalue weighted by molar-refractivity contribution is -0.00427. The molecule has 3 aromatic carbocycles. The fourth-order valence-electron chi connectivity index (χ4n) is 4.71. The van der Waals surface area contributed by atoms with Gasteiger partial charge in [-0.3, -0.25) is 0 Å². The van der Waals surface area contributed by atoms with Crippen LogP contribution < -0.4 is 33.2 Å². The van der Waals surface area contributed by atoms with Crippen LogP contribution in [-0.4, -0.2) is 109 Å². The zero-order chi connectivity index (χ0) is 34.0. The Morgan fingerprint density at radius 1 is 0.543 bits per heavy atom. The Labute approximate surface area is 266 Å². The molecule has 14 heteroatoms. The lowest BCUT2D eigenvalue weighted by atomic mass is 10.0. The van der Waals surface area contributed by atoms with Crippen LogP contribution in [0.15, 0.2) is 42.5 Å². The highest BCUT2D eigenvalue weighted by Crippen LogP contribution is 2.44. The molecule has 0 fully saturated rings. The molecule has 7 N–H and O–H groups in total. The number of rotatable bonds is 18. The molecular formula is C32H42O14. The standard InChI is InChI=1S/C32H42O14/c1-40-22-11-18(6-7-21(22)37)29(38)27(15-34)45-32-25(43-4)12-19(13-26(32)44-5)30(39)28(16-35)46-31-23(41-2)9-17(8-20(36)14-33)10-24(31)42-3/h6-7,9-13,20,27-30,33-39H,8,14-16H2,1-5H3/t20-,27+,28+,29+,30+/m0/s1. The van der Waals surface area contributed by atoms with E-state index < -0.39 is 50.3 Å². The fraction of sp³-hybridized carbons (Fsp3) is 0.438. The van der Waals surface area contributed by atoms with Crippen LogP contribution >= 0.6 is 0 Å². The van der Waals surface area contributed by atoms with E-state index in [9.17, 15) is 35.7 Å². The second-order valence-electron chi connectivity index (χ2n) is 10.1. The molecule has 0 aliphatic heterocycles. The predicted molar refractivity (Wildman–Crippen MR) is 163 cm³/mol. The molecule has 14 nitrogen and oxygen atoms in total. The van der Waals surface area contributed by atoms with Gasteiger partial charge in [-0.1, -0.05) is 6.07 Å². The highest BCUT2D eigenvalue weighted by molar-refractivity contribution is 5.56. The first-order valence-corrected chi connectivity index (χ1v) is 14.2. The Morgan fingerprint density at radius 3 is 1.37 bits per heavy atom. The summed E-state index contributed by atoms with van der Waals surface area (Å²) in [4.78, 5) is 0. The largest absolute Gasteiger partial charge is 0.504 e. The number of hydrogen-bond acceptors (Lipinski definition) is 14. The normalized spacial score (nSPS) is 14.4. The molecule has 0 saturated heterocycles. The molecule has 3 aromatic rings. The van der Waals surface area contributed by atoms with E-state index in [4.69, 9.17) is 33.2 Å². The average molecular weight is 651 g/mol. The summed E-state index contributed by atoms with van der Waals surface area (Å²) in [5.74, 6) is 0.614. The summed E-state index contributed by atoms with van der Waals surface area (Å²) in [5.41, 5.74) is 1.08. The molecule has 0 amide bonds. The molecule has 5 atom stereocenters. The van der Waals surface area contributed by atoms with Crippen molar-refractivity contribution in [3.63, 3.8) is 0 Å². The Kier molecular flexibility index (Phi) is 13.4. The van der Waals surface area contributed by atoms with E-state index in [1.165, 1.54) is 65.9 Å². The average Bonchev–Trinajstić information content (AvgIpc) is 3.08. The minimum atomic E-state index is -1.46. The van der Waals surface area contributed by atoms with E-state index in [1.54, 1.807) is 12.1 Å². The number of methoxy groups -OCH3 is 5. The van der Waals surface area contributed by atoms with Gasteiger partial charge in [0.15, 0.2) is 46.7 Å². The number of phenols is 1. The Bertz CT molecular complexity index is 1360. The maximum Gasteiger partial charge on any atom is 0.204 e. The fourth-order valence-corrected chi connectivity index (χ4v) is 4.71. The van der Waals surface area contributed by atoms with Gasteiger partial charge in [0.2, 0.25) is 11.5 Å². The zero-order valence-electron chi connectivity index (χ0n) is 26.2. The summed E-state index contributed by atoms with van der Waals surface area (Å²) >= 11 is 0. The molecule has 0 aliphatic rings. The Hall–Kier alpha value is -4.18. The summed E-state index contributed by atoms with van der Waals surface area (Å²) < 4.78 is 39.0.